The van der Waals surface area contributed by atoms with Gasteiger partial charge in [0.25, 0.3) is 5.56 Å². The molecule has 11 heteroatoms. The van der Waals surface area contributed by atoms with Crippen LogP contribution in [0.15, 0.2) is 71.1 Å². The van der Waals surface area contributed by atoms with Gasteiger partial charge in [0.2, 0.25) is 5.78 Å². The van der Waals surface area contributed by atoms with E-state index in [0.717, 1.165) is 5.52 Å². The summed E-state index contributed by atoms with van der Waals surface area (Å²) in [6, 6.07) is 13.6. The number of hydrogen-bond donors (Lipinski definition) is 0. The standard InChI is InChI=1S/C23H20FN7O2S/c1-3-12-30-19(13-33-18-11-7-5-9-16(18)24)25-28-23(30)34-14-20-26-27-22-29(2)21(32)15-8-4-6-10-17(15)31(20)22/h3-11H,1,12-14H2,2H3. The zero-order chi connectivity index (χ0) is 23.7. The first kappa shape index (κ1) is 21.8. The number of halogens is 1. The van der Waals surface area contributed by atoms with Crippen LogP contribution in [0.4, 0.5) is 4.39 Å². The normalized spacial score (nSPS) is 11.4. The second kappa shape index (κ2) is 9.10. The van der Waals surface area contributed by atoms with Crippen LogP contribution in [0.25, 0.3) is 16.7 Å². The van der Waals surface area contributed by atoms with E-state index in [1.807, 2.05) is 27.2 Å². The molecule has 0 aliphatic carbocycles. The topological polar surface area (TPSA) is 92.1 Å². The van der Waals surface area contributed by atoms with Crippen molar-refractivity contribution in [1.29, 1.82) is 0 Å². The van der Waals surface area contributed by atoms with Crippen LogP contribution in [0.1, 0.15) is 11.6 Å². The van der Waals surface area contributed by atoms with Gasteiger partial charge in [-0.25, -0.2) is 4.39 Å². The predicted molar refractivity (Wildman–Crippen MR) is 126 cm³/mol. The second-order valence-corrected chi connectivity index (χ2v) is 8.38. The lowest BCUT2D eigenvalue weighted by atomic mass is 10.2. The number of thioether (sulfide) groups is 1. The van der Waals surface area contributed by atoms with Crippen molar-refractivity contribution in [1.82, 2.24) is 33.9 Å². The van der Waals surface area contributed by atoms with Crippen molar-refractivity contribution in [3.63, 3.8) is 0 Å². The first-order valence-corrected chi connectivity index (χ1v) is 11.4. The zero-order valence-electron chi connectivity index (χ0n) is 18.3. The molecule has 3 heterocycles. The summed E-state index contributed by atoms with van der Waals surface area (Å²) in [5, 5.41) is 18.3. The fraction of sp³-hybridized carbons (Fsp3) is 0.174. The molecule has 0 amide bonds. The number of aryl methyl sites for hydroxylation is 1. The Balaban J connectivity index is 1.43. The summed E-state index contributed by atoms with van der Waals surface area (Å²) in [6.45, 7) is 4.33. The largest absolute Gasteiger partial charge is 0.483 e. The molecule has 0 saturated carbocycles. The Kier molecular flexibility index (Phi) is 5.84. The van der Waals surface area contributed by atoms with E-state index in [0.29, 0.717) is 40.3 Å². The summed E-state index contributed by atoms with van der Waals surface area (Å²) >= 11 is 1.43. The molecule has 0 fully saturated rings. The van der Waals surface area contributed by atoms with Crippen molar-refractivity contribution in [2.75, 3.05) is 0 Å². The molecule has 34 heavy (non-hydrogen) atoms. The molecule has 0 spiro atoms. The van der Waals surface area contributed by atoms with Crippen LogP contribution >= 0.6 is 11.8 Å². The van der Waals surface area contributed by atoms with Crippen molar-refractivity contribution in [2.24, 2.45) is 7.05 Å². The molecule has 0 aliphatic rings. The summed E-state index contributed by atoms with van der Waals surface area (Å²) in [6.07, 6.45) is 1.73. The Hall–Kier alpha value is -3.99. The van der Waals surface area contributed by atoms with Gasteiger partial charge in [0.15, 0.2) is 22.5 Å². The lowest BCUT2D eigenvalue weighted by molar-refractivity contribution is 0.275. The Morgan fingerprint density at radius 2 is 1.82 bits per heavy atom. The fourth-order valence-corrected chi connectivity index (χ4v) is 4.54. The van der Waals surface area contributed by atoms with E-state index in [4.69, 9.17) is 4.74 Å². The highest BCUT2D eigenvalue weighted by molar-refractivity contribution is 7.98. The molecule has 2 aromatic carbocycles. The predicted octanol–water partition coefficient (Wildman–Crippen LogP) is 3.37. The molecule has 0 bridgehead atoms. The number of rotatable bonds is 8. The van der Waals surface area contributed by atoms with Gasteiger partial charge in [-0.2, -0.15) is 0 Å². The molecule has 0 radical (unpaired) electrons. The minimum absolute atomic E-state index is 0.0585. The van der Waals surface area contributed by atoms with E-state index in [2.05, 4.69) is 27.0 Å². The number of ether oxygens (including phenoxy) is 1. The number of allylic oxidation sites excluding steroid dienone is 1. The minimum atomic E-state index is -0.438. The van der Waals surface area contributed by atoms with E-state index >= 15 is 0 Å². The molecule has 5 aromatic rings. The average Bonchev–Trinajstić information content (AvgIpc) is 3.45. The molecular formula is C23H20FN7O2S. The van der Waals surface area contributed by atoms with Gasteiger partial charge in [-0.1, -0.05) is 42.1 Å². The van der Waals surface area contributed by atoms with Gasteiger partial charge in [0.1, 0.15) is 12.4 Å². The fourth-order valence-electron chi connectivity index (χ4n) is 3.66. The van der Waals surface area contributed by atoms with Gasteiger partial charge in [-0.15, -0.1) is 27.0 Å². The van der Waals surface area contributed by atoms with Crippen molar-refractivity contribution >= 4 is 28.4 Å². The van der Waals surface area contributed by atoms with Crippen LogP contribution in [-0.4, -0.2) is 33.9 Å². The smallest absolute Gasteiger partial charge is 0.262 e. The summed E-state index contributed by atoms with van der Waals surface area (Å²) in [4.78, 5) is 12.6. The lowest BCUT2D eigenvalue weighted by Crippen LogP contribution is -2.20. The molecule has 0 N–H and O–H groups in total. The van der Waals surface area contributed by atoms with Gasteiger partial charge >= 0.3 is 0 Å². The number of para-hydroxylation sites is 2. The Labute approximate surface area is 197 Å². The van der Waals surface area contributed by atoms with E-state index in [1.54, 1.807) is 37.4 Å². The van der Waals surface area contributed by atoms with Gasteiger partial charge in [-0.3, -0.25) is 18.3 Å². The van der Waals surface area contributed by atoms with Crippen LogP contribution < -0.4 is 10.3 Å². The van der Waals surface area contributed by atoms with Crippen molar-refractivity contribution in [2.45, 2.75) is 24.1 Å². The highest BCUT2D eigenvalue weighted by Gasteiger charge is 2.18. The average molecular weight is 478 g/mol. The molecule has 0 aliphatic heterocycles. The Morgan fingerprint density at radius 3 is 2.65 bits per heavy atom. The van der Waals surface area contributed by atoms with Crippen LogP contribution in [0.3, 0.4) is 0 Å². The maximum atomic E-state index is 13.9. The number of hydrogen-bond acceptors (Lipinski definition) is 7. The molecular weight excluding hydrogens is 457 g/mol. The third kappa shape index (κ3) is 3.83. The quantitative estimate of drug-likeness (QED) is 0.250. The summed E-state index contributed by atoms with van der Waals surface area (Å²) in [5.74, 6) is 1.83. The summed E-state index contributed by atoms with van der Waals surface area (Å²) in [5.41, 5.74) is 0.618. The van der Waals surface area contributed by atoms with Crippen LogP contribution in [-0.2, 0) is 26.0 Å². The second-order valence-electron chi connectivity index (χ2n) is 7.44. The van der Waals surface area contributed by atoms with E-state index in [-0.39, 0.29) is 17.9 Å². The molecule has 0 saturated heterocycles. The van der Waals surface area contributed by atoms with Gasteiger partial charge in [-0.05, 0) is 24.3 Å². The van der Waals surface area contributed by atoms with Crippen molar-refractivity contribution in [3.05, 3.63) is 89.0 Å². The number of benzene rings is 2. The Morgan fingerprint density at radius 1 is 1.06 bits per heavy atom. The van der Waals surface area contributed by atoms with Crippen LogP contribution in [0, 0.1) is 5.82 Å². The van der Waals surface area contributed by atoms with E-state index < -0.39 is 5.82 Å². The molecule has 172 valence electrons. The lowest BCUT2D eigenvalue weighted by Gasteiger charge is -2.10. The number of nitrogens with zero attached hydrogens (tertiary/aromatic N) is 7. The maximum Gasteiger partial charge on any atom is 0.262 e. The maximum absolute atomic E-state index is 13.9. The summed E-state index contributed by atoms with van der Waals surface area (Å²) in [7, 11) is 1.68. The molecule has 0 unspecified atom stereocenters. The SMILES string of the molecule is C=CCn1c(COc2ccccc2F)nnc1SCc1nnc2n(C)c(=O)c3ccccc3n12. The molecule has 0 atom stereocenters. The van der Waals surface area contributed by atoms with E-state index in [1.165, 1.54) is 22.4 Å². The van der Waals surface area contributed by atoms with Crippen molar-refractivity contribution in [3.8, 4) is 5.75 Å². The number of fused-ring (bicyclic) bond motifs is 3. The molecule has 9 nitrogen and oxygen atoms in total. The van der Waals surface area contributed by atoms with Crippen molar-refractivity contribution < 1.29 is 9.13 Å². The highest BCUT2D eigenvalue weighted by atomic mass is 32.2. The minimum Gasteiger partial charge on any atom is -0.483 e. The van der Waals surface area contributed by atoms with Gasteiger partial charge < -0.3 is 4.74 Å². The third-order valence-electron chi connectivity index (χ3n) is 5.32. The van der Waals surface area contributed by atoms with Gasteiger partial charge in [0, 0.05) is 13.6 Å². The monoisotopic (exact) mass is 477 g/mol. The first-order valence-electron chi connectivity index (χ1n) is 10.4. The van der Waals surface area contributed by atoms with Crippen LogP contribution in [0.2, 0.25) is 0 Å². The third-order valence-corrected chi connectivity index (χ3v) is 6.28. The number of aromatic nitrogens is 7. The highest BCUT2D eigenvalue weighted by Crippen LogP contribution is 2.24. The zero-order valence-corrected chi connectivity index (χ0v) is 19.1. The van der Waals surface area contributed by atoms with E-state index in [9.17, 15) is 9.18 Å². The Bertz CT molecular complexity index is 1570. The molecule has 5 rings (SSSR count). The van der Waals surface area contributed by atoms with Crippen LogP contribution in [0.5, 0.6) is 5.75 Å². The van der Waals surface area contributed by atoms with Gasteiger partial charge in [0.05, 0.1) is 16.7 Å². The summed E-state index contributed by atoms with van der Waals surface area (Å²) < 4.78 is 24.7. The first-order chi connectivity index (χ1) is 16.6. The molecule has 3 aromatic heterocycles.